The summed E-state index contributed by atoms with van der Waals surface area (Å²) in [4.78, 5) is 39.8. The van der Waals surface area contributed by atoms with Crippen molar-refractivity contribution in [3.05, 3.63) is 65.2 Å². The summed E-state index contributed by atoms with van der Waals surface area (Å²) in [6, 6.07) is 8.44. The highest BCUT2D eigenvalue weighted by Crippen LogP contribution is 2.68. The van der Waals surface area contributed by atoms with Crippen LogP contribution in [0, 0.1) is 58.0 Å². The van der Waals surface area contributed by atoms with E-state index in [1.54, 1.807) is 12.1 Å². The highest BCUT2D eigenvalue weighted by molar-refractivity contribution is 6.01. The first kappa shape index (κ1) is 41.3. The quantitative estimate of drug-likeness (QED) is 0.0889. The van der Waals surface area contributed by atoms with Gasteiger partial charge in [0.25, 0.3) is 5.91 Å². The number of aliphatic imine (C=N–C) groups is 1. The molecule has 13 heteroatoms. The number of allylic oxidation sites excluding steroid dienone is 1. The first-order chi connectivity index (χ1) is 26.4. The molecule has 4 aliphatic rings. The van der Waals surface area contributed by atoms with Gasteiger partial charge in [-0.3, -0.25) is 14.4 Å². The van der Waals surface area contributed by atoms with Gasteiger partial charge in [-0.05, 0) is 146 Å². The molecule has 0 heterocycles. The number of fused-ring (bicyclic) bond motifs is 5. The number of ether oxygens (including phenoxy) is 1. The third-order valence-corrected chi connectivity index (χ3v) is 14.3. The minimum atomic E-state index is -0.972. The summed E-state index contributed by atoms with van der Waals surface area (Å²) in [5.74, 6) is -3.49. The van der Waals surface area contributed by atoms with E-state index in [4.69, 9.17) is 16.2 Å². The van der Waals surface area contributed by atoms with Crippen LogP contribution < -0.4 is 21.5 Å². The summed E-state index contributed by atoms with van der Waals surface area (Å²) >= 11 is 0. The van der Waals surface area contributed by atoms with Gasteiger partial charge >= 0.3 is 5.97 Å². The van der Waals surface area contributed by atoms with Gasteiger partial charge in [0, 0.05) is 18.5 Å². The average molecular weight is 779 g/mol. The number of carbonyl (C=O) groups is 3. The second-order valence-electron chi connectivity index (χ2n) is 17.4. The summed E-state index contributed by atoms with van der Waals surface area (Å²) in [7, 11) is 0. The Labute approximate surface area is 327 Å². The number of amides is 2. The minimum Gasteiger partial charge on any atom is -0.481 e. The maximum Gasteiger partial charge on any atom is 0.303 e. The number of nitrogens with zero attached hydrogens (tertiary/aromatic N) is 1. The Morgan fingerprint density at radius 1 is 1.02 bits per heavy atom. The van der Waals surface area contributed by atoms with Gasteiger partial charge in [-0.15, -0.1) is 0 Å². The topological polar surface area (TPSA) is 198 Å². The van der Waals surface area contributed by atoms with E-state index in [0.717, 1.165) is 50.3 Å². The van der Waals surface area contributed by atoms with Crippen LogP contribution in [-0.2, 0) is 20.8 Å². The Morgan fingerprint density at radius 2 is 1.70 bits per heavy atom. The zero-order chi connectivity index (χ0) is 40.7. The Morgan fingerprint density at radius 3 is 2.34 bits per heavy atom. The monoisotopic (exact) mass is 778 g/mol. The number of aliphatic hydroxyl groups is 2. The molecule has 0 saturated heterocycles. The second-order valence-corrected chi connectivity index (χ2v) is 17.4. The minimum absolute atomic E-state index is 0.0475. The molecule has 0 aromatic heterocycles. The fraction of sp³-hybridized carbons (Fsp3) is 0.581. The lowest BCUT2D eigenvalue weighted by atomic mass is 9.43. The number of carbonyl (C=O) groups excluding carboxylic acids is 2. The number of rotatable bonds is 11. The van der Waals surface area contributed by atoms with Crippen molar-refractivity contribution in [2.24, 2.45) is 62.8 Å². The van der Waals surface area contributed by atoms with Crippen LogP contribution in [-0.4, -0.2) is 57.3 Å². The molecule has 0 unspecified atom stereocenters. The van der Waals surface area contributed by atoms with Gasteiger partial charge in [0.05, 0.1) is 18.6 Å². The molecule has 4 fully saturated rings. The number of carboxylic acid groups (broad SMARTS) is 1. The van der Waals surface area contributed by atoms with E-state index < -0.39 is 47.4 Å². The Hall–Kier alpha value is -4.36. The number of nitrogens with one attached hydrogen (secondary N) is 1. The number of halogens is 2. The molecular formula is C43H56F2N4O7. The van der Waals surface area contributed by atoms with Crippen molar-refractivity contribution < 1.29 is 43.2 Å². The average Bonchev–Trinajstić information content (AvgIpc) is 3.48. The van der Waals surface area contributed by atoms with E-state index in [9.17, 15) is 38.5 Å². The van der Waals surface area contributed by atoms with Gasteiger partial charge in [-0.2, -0.15) is 4.99 Å². The van der Waals surface area contributed by atoms with Crippen LogP contribution in [0.15, 0.2) is 47.5 Å². The largest absolute Gasteiger partial charge is 0.481 e. The summed E-state index contributed by atoms with van der Waals surface area (Å²) in [6.45, 7) is 8.12. The number of aliphatic hydroxyl groups excluding tert-OH is 2. The summed E-state index contributed by atoms with van der Waals surface area (Å²) < 4.78 is 35.4. The lowest BCUT2D eigenvalue weighted by molar-refractivity contribution is -0.202. The second kappa shape index (κ2) is 16.2. The molecular weight excluding hydrogens is 722 g/mol. The molecule has 0 bridgehead atoms. The number of carboxylic acids is 1. The number of guanidine groups is 1. The number of nitrogens with two attached hydrogens (primary N) is 2. The molecule has 56 heavy (non-hydrogen) atoms. The van der Waals surface area contributed by atoms with Crippen LogP contribution in [0.25, 0.3) is 5.57 Å². The van der Waals surface area contributed by atoms with Gasteiger partial charge in [-0.25, -0.2) is 8.78 Å². The van der Waals surface area contributed by atoms with Crippen molar-refractivity contribution in [3.63, 3.8) is 0 Å². The molecule has 0 aliphatic heterocycles. The number of aliphatic carboxylic acids is 1. The summed E-state index contributed by atoms with van der Waals surface area (Å²) in [6.07, 6.45) is 6.47. The van der Waals surface area contributed by atoms with Crippen LogP contribution in [0.2, 0.25) is 0 Å². The van der Waals surface area contributed by atoms with Gasteiger partial charge in [-0.1, -0.05) is 32.9 Å². The summed E-state index contributed by atoms with van der Waals surface area (Å²) in [5.41, 5.74) is 11.0. The predicted octanol–water partition coefficient (Wildman–Crippen LogP) is 6.09. The number of hydrogen-bond acceptors (Lipinski definition) is 6. The van der Waals surface area contributed by atoms with Crippen LogP contribution in [0.5, 0.6) is 11.5 Å². The van der Waals surface area contributed by atoms with Crippen LogP contribution in [0.4, 0.5) is 8.78 Å². The number of hydrogen-bond donors (Lipinski definition) is 6. The normalized spacial score (nSPS) is 33.0. The van der Waals surface area contributed by atoms with Crippen molar-refractivity contribution in [2.75, 3.05) is 0 Å². The molecule has 4 saturated carbocycles. The van der Waals surface area contributed by atoms with E-state index in [1.165, 1.54) is 19.1 Å². The SMILES string of the molecule is CC(=CC(=O)N=C(N)N)c1cc(F)c(Oc2ccc(CC(=O)N[C@H]3CC[C@@]4(C)[C@@H](C3)C[C@@H](O)[C@@H]3[C@@H]4C[C@H](O)[C@]4(C)[C@@H]([C@H](C)CCC(=O)O)CC[C@@H]34)cc2)c(F)c1. The van der Waals surface area contributed by atoms with Crippen molar-refractivity contribution in [2.45, 2.75) is 110 Å². The first-order valence-corrected chi connectivity index (χ1v) is 19.9. The van der Waals surface area contributed by atoms with Crippen LogP contribution >= 0.6 is 0 Å². The van der Waals surface area contributed by atoms with Gasteiger partial charge in [0.1, 0.15) is 5.75 Å². The molecule has 8 N–H and O–H groups in total. The molecule has 2 aromatic carbocycles. The van der Waals surface area contributed by atoms with Gasteiger partial charge < -0.3 is 36.8 Å². The van der Waals surface area contributed by atoms with E-state index in [2.05, 4.69) is 31.1 Å². The fourth-order valence-corrected chi connectivity index (χ4v) is 11.4. The molecule has 0 radical (unpaired) electrons. The summed E-state index contributed by atoms with van der Waals surface area (Å²) in [5, 5.41) is 36.1. The van der Waals surface area contributed by atoms with Crippen molar-refractivity contribution in [1.82, 2.24) is 5.32 Å². The lowest BCUT2D eigenvalue weighted by Crippen LogP contribution is -2.63. The zero-order valence-electron chi connectivity index (χ0n) is 32.6. The van der Waals surface area contributed by atoms with Gasteiger partial charge in [0.15, 0.2) is 23.3 Å². The molecule has 4 aliphatic carbocycles. The van der Waals surface area contributed by atoms with E-state index in [0.29, 0.717) is 24.8 Å². The third-order valence-electron chi connectivity index (χ3n) is 14.3. The number of benzene rings is 2. The molecule has 2 amide bonds. The maximum atomic E-state index is 14.9. The highest BCUT2D eigenvalue weighted by Gasteiger charge is 2.65. The Kier molecular flexibility index (Phi) is 12.0. The lowest BCUT2D eigenvalue weighted by Gasteiger charge is -2.63. The fourth-order valence-electron chi connectivity index (χ4n) is 11.4. The van der Waals surface area contributed by atoms with E-state index in [-0.39, 0.29) is 88.0 Å². The van der Waals surface area contributed by atoms with Crippen LogP contribution in [0.1, 0.15) is 96.6 Å². The van der Waals surface area contributed by atoms with Crippen molar-refractivity contribution in [1.29, 1.82) is 0 Å². The maximum absolute atomic E-state index is 14.9. The highest BCUT2D eigenvalue weighted by atomic mass is 19.1. The molecule has 0 spiro atoms. The standard InChI is InChI=1S/C43H56F2N4O7/c1-22(5-12-38(54)55)29-10-11-30-39-31(21-35(51)43(29,30)4)42(3)14-13-27(19-26(42)20-34(39)50)48-37(53)16-24-6-8-28(9-7-24)56-40-32(44)17-25(18-33(40)45)23(2)15-36(52)49-41(46)47/h6-9,15,17-18,22,26-27,29-31,34-35,39,50-51H,5,10-14,16,19-21H2,1-4H3,(H,48,53)(H,54,55)(H4,46,47,49,52)/t22-,26+,27+,29-,30+,31+,34-,35+,39+,42+,43-/m1/s1. The zero-order valence-corrected chi connectivity index (χ0v) is 32.6. The van der Waals surface area contributed by atoms with E-state index in [1.807, 2.05) is 0 Å². The molecule has 11 atom stereocenters. The van der Waals surface area contributed by atoms with Crippen LogP contribution in [0.3, 0.4) is 0 Å². The third kappa shape index (κ3) is 8.20. The molecule has 304 valence electrons. The predicted molar refractivity (Wildman–Crippen MR) is 207 cm³/mol. The smallest absolute Gasteiger partial charge is 0.303 e. The van der Waals surface area contributed by atoms with E-state index >= 15 is 0 Å². The first-order valence-electron chi connectivity index (χ1n) is 19.9. The van der Waals surface area contributed by atoms with Crippen molar-refractivity contribution >= 4 is 29.3 Å². The molecule has 2 aromatic rings. The molecule has 11 nitrogen and oxygen atoms in total. The van der Waals surface area contributed by atoms with Crippen molar-refractivity contribution in [3.8, 4) is 11.5 Å². The van der Waals surface area contributed by atoms with Gasteiger partial charge in [0.2, 0.25) is 5.91 Å². The Bertz CT molecular complexity index is 1860. The Balaban J connectivity index is 1.04. The molecule has 6 rings (SSSR count).